The number of nitrogens with zero attached hydrogens (tertiary/aromatic N) is 2. The van der Waals surface area contributed by atoms with Crippen LogP contribution in [0.25, 0.3) is 0 Å². The van der Waals surface area contributed by atoms with Gasteiger partial charge in [-0.05, 0) is 31.0 Å². The Hall–Kier alpha value is -1.69. The second-order valence-corrected chi connectivity index (χ2v) is 5.21. The number of benzene rings is 1. The molecule has 0 saturated heterocycles. The Kier molecular flexibility index (Phi) is 4.68. The van der Waals surface area contributed by atoms with Crippen LogP contribution in [0.1, 0.15) is 23.9 Å². The van der Waals surface area contributed by atoms with Crippen LogP contribution < -0.4 is 10.1 Å². The SMILES string of the molecule is CCCNc1nnc(COc2cc(C)ccc2F)s1. The molecule has 1 heterocycles. The first-order chi connectivity index (χ1) is 9.19. The van der Waals surface area contributed by atoms with Gasteiger partial charge in [0.25, 0.3) is 0 Å². The fraction of sp³-hybridized carbons (Fsp3) is 0.385. The smallest absolute Gasteiger partial charge is 0.205 e. The molecule has 1 aromatic carbocycles. The summed E-state index contributed by atoms with van der Waals surface area (Å²) in [5, 5.41) is 12.6. The van der Waals surface area contributed by atoms with Gasteiger partial charge in [-0.3, -0.25) is 0 Å². The highest BCUT2D eigenvalue weighted by molar-refractivity contribution is 7.15. The van der Waals surface area contributed by atoms with Crippen molar-refractivity contribution in [1.29, 1.82) is 0 Å². The molecule has 0 aliphatic rings. The lowest BCUT2D eigenvalue weighted by Gasteiger charge is -2.05. The van der Waals surface area contributed by atoms with Gasteiger partial charge in [-0.2, -0.15) is 0 Å². The zero-order valence-electron chi connectivity index (χ0n) is 10.9. The lowest BCUT2D eigenvalue weighted by Crippen LogP contribution is -1.98. The highest BCUT2D eigenvalue weighted by atomic mass is 32.1. The summed E-state index contributed by atoms with van der Waals surface area (Å²) in [6.45, 7) is 5.07. The Balaban J connectivity index is 1.94. The summed E-state index contributed by atoms with van der Waals surface area (Å²) in [5.74, 6) is -0.113. The molecule has 2 rings (SSSR count). The average molecular weight is 281 g/mol. The maximum atomic E-state index is 13.5. The standard InChI is InChI=1S/C13H16FN3OS/c1-3-6-15-13-17-16-12(19-13)8-18-11-7-9(2)4-5-10(11)14/h4-5,7H,3,6,8H2,1-2H3,(H,15,17). The van der Waals surface area contributed by atoms with Gasteiger partial charge in [-0.25, -0.2) is 4.39 Å². The van der Waals surface area contributed by atoms with Crippen LogP contribution in [-0.4, -0.2) is 16.7 Å². The Morgan fingerprint density at radius 1 is 1.37 bits per heavy atom. The maximum absolute atomic E-state index is 13.5. The van der Waals surface area contributed by atoms with E-state index in [2.05, 4.69) is 22.4 Å². The molecule has 0 radical (unpaired) electrons. The van der Waals surface area contributed by atoms with E-state index in [4.69, 9.17) is 4.74 Å². The molecular formula is C13H16FN3OS. The number of rotatable bonds is 6. The number of nitrogens with one attached hydrogen (secondary N) is 1. The van der Waals surface area contributed by atoms with Gasteiger partial charge in [-0.15, -0.1) is 10.2 Å². The number of halogens is 1. The zero-order chi connectivity index (χ0) is 13.7. The van der Waals surface area contributed by atoms with Gasteiger partial charge in [0, 0.05) is 6.54 Å². The van der Waals surface area contributed by atoms with Gasteiger partial charge in [0.2, 0.25) is 5.13 Å². The number of hydrogen-bond acceptors (Lipinski definition) is 5. The Morgan fingerprint density at radius 2 is 2.21 bits per heavy atom. The third-order valence-electron chi connectivity index (χ3n) is 2.43. The van der Waals surface area contributed by atoms with E-state index in [9.17, 15) is 4.39 Å². The summed E-state index contributed by atoms with van der Waals surface area (Å²) in [4.78, 5) is 0. The summed E-state index contributed by atoms with van der Waals surface area (Å²) < 4.78 is 18.9. The van der Waals surface area contributed by atoms with Crippen molar-refractivity contribution in [2.45, 2.75) is 26.9 Å². The molecule has 1 N–H and O–H groups in total. The summed E-state index contributed by atoms with van der Waals surface area (Å²) >= 11 is 1.42. The molecule has 19 heavy (non-hydrogen) atoms. The highest BCUT2D eigenvalue weighted by Gasteiger charge is 2.07. The van der Waals surface area contributed by atoms with Crippen molar-refractivity contribution in [1.82, 2.24) is 10.2 Å². The molecule has 0 fully saturated rings. The Labute approximate surface area is 115 Å². The van der Waals surface area contributed by atoms with Gasteiger partial charge in [0.1, 0.15) is 6.61 Å². The van der Waals surface area contributed by atoms with E-state index < -0.39 is 0 Å². The predicted molar refractivity (Wildman–Crippen MR) is 74.2 cm³/mol. The monoisotopic (exact) mass is 281 g/mol. The number of ether oxygens (including phenoxy) is 1. The molecule has 0 unspecified atom stereocenters. The molecule has 4 nitrogen and oxygen atoms in total. The second-order valence-electron chi connectivity index (χ2n) is 4.15. The molecule has 6 heteroatoms. The van der Waals surface area contributed by atoms with Gasteiger partial charge in [0.05, 0.1) is 0 Å². The average Bonchev–Trinajstić information content (AvgIpc) is 2.85. The normalized spacial score (nSPS) is 10.5. The molecular weight excluding hydrogens is 265 g/mol. The van der Waals surface area contributed by atoms with E-state index in [0.29, 0.717) is 0 Å². The van der Waals surface area contributed by atoms with Crippen LogP contribution in [0.5, 0.6) is 5.75 Å². The first-order valence-corrected chi connectivity index (χ1v) is 6.96. The number of anilines is 1. The third kappa shape index (κ3) is 3.89. The molecule has 2 aromatic rings. The van der Waals surface area contributed by atoms with Crippen molar-refractivity contribution in [2.24, 2.45) is 0 Å². The highest BCUT2D eigenvalue weighted by Crippen LogP contribution is 2.21. The maximum Gasteiger partial charge on any atom is 0.205 e. The van der Waals surface area contributed by atoms with Gasteiger partial charge < -0.3 is 10.1 Å². The van der Waals surface area contributed by atoms with E-state index in [1.54, 1.807) is 12.1 Å². The molecule has 0 bridgehead atoms. The first kappa shape index (κ1) is 13.7. The molecule has 0 amide bonds. The fourth-order valence-corrected chi connectivity index (χ4v) is 2.15. The number of hydrogen-bond donors (Lipinski definition) is 1. The van der Waals surface area contributed by atoms with Crippen molar-refractivity contribution < 1.29 is 9.13 Å². The van der Waals surface area contributed by atoms with Crippen LogP contribution >= 0.6 is 11.3 Å². The molecule has 0 aliphatic heterocycles. The van der Waals surface area contributed by atoms with E-state index in [-0.39, 0.29) is 18.2 Å². The lowest BCUT2D eigenvalue weighted by molar-refractivity contribution is 0.288. The van der Waals surface area contributed by atoms with Crippen LogP contribution in [0, 0.1) is 12.7 Å². The summed E-state index contributed by atoms with van der Waals surface area (Å²) in [7, 11) is 0. The predicted octanol–water partition coefficient (Wildman–Crippen LogP) is 3.39. The second kappa shape index (κ2) is 6.47. The van der Waals surface area contributed by atoms with Gasteiger partial charge in [0.15, 0.2) is 16.6 Å². The zero-order valence-corrected chi connectivity index (χ0v) is 11.8. The minimum Gasteiger partial charge on any atom is -0.483 e. The number of aryl methyl sites for hydroxylation is 1. The van der Waals surface area contributed by atoms with Crippen molar-refractivity contribution in [3.05, 3.63) is 34.6 Å². The van der Waals surface area contributed by atoms with Crippen molar-refractivity contribution in [3.8, 4) is 5.75 Å². The largest absolute Gasteiger partial charge is 0.483 e. The molecule has 0 spiro atoms. The molecule has 0 saturated carbocycles. The lowest BCUT2D eigenvalue weighted by atomic mass is 10.2. The van der Waals surface area contributed by atoms with E-state index >= 15 is 0 Å². The quantitative estimate of drug-likeness (QED) is 0.881. The van der Waals surface area contributed by atoms with Crippen molar-refractivity contribution >= 4 is 16.5 Å². The van der Waals surface area contributed by atoms with E-state index in [1.807, 2.05) is 6.92 Å². The first-order valence-electron chi connectivity index (χ1n) is 6.14. The fourth-order valence-electron chi connectivity index (χ4n) is 1.48. The molecule has 1 aromatic heterocycles. The topological polar surface area (TPSA) is 47.0 Å². The van der Waals surface area contributed by atoms with E-state index in [1.165, 1.54) is 17.4 Å². The van der Waals surface area contributed by atoms with Gasteiger partial charge in [-0.1, -0.05) is 24.3 Å². The summed E-state index contributed by atoms with van der Waals surface area (Å²) in [5.41, 5.74) is 0.957. The van der Waals surface area contributed by atoms with Crippen LogP contribution in [0.3, 0.4) is 0 Å². The minimum absolute atomic E-state index is 0.228. The van der Waals surface area contributed by atoms with Crippen LogP contribution in [0.15, 0.2) is 18.2 Å². The molecule has 102 valence electrons. The van der Waals surface area contributed by atoms with Crippen molar-refractivity contribution in [2.75, 3.05) is 11.9 Å². The van der Waals surface area contributed by atoms with Crippen LogP contribution in [0.2, 0.25) is 0 Å². The minimum atomic E-state index is -0.362. The Morgan fingerprint density at radius 3 is 3.00 bits per heavy atom. The molecule has 0 aliphatic carbocycles. The van der Waals surface area contributed by atoms with Crippen LogP contribution in [0.4, 0.5) is 9.52 Å². The van der Waals surface area contributed by atoms with E-state index in [0.717, 1.165) is 28.7 Å². The molecule has 0 atom stereocenters. The van der Waals surface area contributed by atoms with Gasteiger partial charge >= 0.3 is 0 Å². The number of aromatic nitrogens is 2. The summed E-state index contributed by atoms with van der Waals surface area (Å²) in [6, 6.07) is 4.78. The van der Waals surface area contributed by atoms with Crippen LogP contribution in [-0.2, 0) is 6.61 Å². The van der Waals surface area contributed by atoms with Crippen molar-refractivity contribution in [3.63, 3.8) is 0 Å². The Bertz CT molecular complexity index is 544. The summed E-state index contributed by atoms with van der Waals surface area (Å²) in [6.07, 6.45) is 1.03. The third-order valence-corrected chi connectivity index (χ3v) is 3.29.